The van der Waals surface area contributed by atoms with Crippen LogP contribution in [0.4, 0.5) is 11.4 Å². The van der Waals surface area contributed by atoms with E-state index >= 15 is 0 Å². The number of rotatable bonds is 5. The number of nitrogens with zero attached hydrogens (tertiary/aromatic N) is 2. The lowest BCUT2D eigenvalue weighted by Crippen LogP contribution is -2.42. The van der Waals surface area contributed by atoms with Crippen LogP contribution in [0.15, 0.2) is 48.5 Å². The second kappa shape index (κ2) is 6.66. The molecule has 0 aliphatic carbocycles. The Morgan fingerprint density at radius 1 is 1.19 bits per heavy atom. The first-order chi connectivity index (χ1) is 12.4. The highest BCUT2D eigenvalue weighted by Crippen LogP contribution is 2.42. The molecule has 1 aliphatic heterocycles. The number of Topliss-reactive ketones (excluding diaryl/α,β-unsaturated/α-hetero) is 1. The van der Waals surface area contributed by atoms with Gasteiger partial charge in [0.05, 0.1) is 18.7 Å². The van der Waals surface area contributed by atoms with Gasteiger partial charge >= 0.3 is 0 Å². The van der Waals surface area contributed by atoms with Crippen LogP contribution >= 0.6 is 0 Å². The Morgan fingerprint density at radius 2 is 1.85 bits per heavy atom. The van der Waals surface area contributed by atoms with Crippen molar-refractivity contribution >= 4 is 23.1 Å². The number of hydrogen-bond acceptors (Lipinski definition) is 4. The number of anilines is 2. The van der Waals surface area contributed by atoms with Crippen molar-refractivity contribution in [3.8, 4) is 12.3 Å². The quantitative estimate of drug-likeness (QED) is 0.665. The van der Waals surface area contributed by atoms with Crippen molar-refractivity contribution in [1.82, 2.24) is 0 Å². The molecule has 1 N–H and O–H groups in total. The van der Waals surface area contributed by atoms with Crippen LogP contribution in [0.3, 0.4) is 0 Å². The summed E-state index contributed by atoms with van der Waals surface area (Å²) in [7, 11) is 3.82. The average Bonchev–Trinajstić information content (AvgIpc) is 2.84. The van der Waals surface area contributed by atoms with Gasteiger partial charge in [-0.05, 0) is 30.3 Å². The number of para-hydroxylation sites is 1. The highest BCUT2D eigenvalue weighted by atomic mass is 16.3. The van der Waals surface area contributed by atoms with Gasteiger partial charge in [0.1, 0.15) is 0 Å². The minimum Gasteiger partial charge on any atom is -0.378 e. The molecular formula is C21H20N2O3. The fourth-order valence-corrected chi connectivity index (χ4v) is 3.21. The molecule has 0 fully saturated rings. The number of fused-ring (bicyclic) bond motifs is 1. The van der Waals surface area contributed by atoms with Crippen molar-refractivity contribution in [3.63, 3.8) is 0 Å². The first kappa shape index (κ1) is 17.7. The van der Waals surface area contributed by atoms with Crippen LogP contribution in [0.1, 0.15) is 22.3 Å². The van der Waals surface area contributed by atoms with E-state index in [0.29, 0.717) is 16.8 Å². The highest BCUT2D eigenvalue weighted by Gasteiger charge is 2.50. The summed E-state index contributed by atoms with van der Waals surface area (Å²) in [4.78, 5) is 28.8. The molecule has 2 aromatic carbocycles. The van der Waals surface area contributed by atoms with Gasteiger partial charge in [-0.1, -0.05) is 24.1 Å². The number of benzene rings is 2. The van der Waals surface area contributed by atoms with Crippen molar-refractivity contribution in [2.75, 3.05) is 30.4 Å². The van der Waals surface area contributed by atoms with Gasteiger partial charge in [0.25, 0.3) is 5.91 Å². The van der Waals surface area contributed by atoms with Gasteiger partial charge in [0.2, 0.25) is 0 Å². The van der Waals surface area contributed by atoms with Crippen LogP contribution < -0.4 is 9.80 Å². The van der Waals surface area contributed by atoms with Crippen LogP contribution in [-0.2, 0) is 10.4 Å². The van der Waals surface area contributed by atoms with Gasteiger partial charge in [-0.15, -0.1) is 6.42 Å². The van der Waals surface area contributed by atoms with E-state index in [0.717, 1.165) is 5.69 Å². The molecule has 0 radical (unpaired) electrons. The van der Waals surface area contributed by atoms with E-state index in [2.05, 4.69) is 5.92 Å². The number of aliphatic hydroxyl groups is 1. The van der Waals surface area contributed by atoms with E-state index in [9.17, 15) is 14.7 Å². The highest BCUT2D eigenvalue weighted by molar-refractivity contribution is 6.11. The molecular weight excluding hydrogens is 328 g/mol. The summed E-state index contributed by atoms with van der Waals surface area (Å²) < 4.78 is 0. The molecule has 5 nitrogen and oxygen atoms in total. The zero-order valence-electron chi connectivity index (χ0n) is 14.8. The molecule has 0 saturated heterocycles. The number of hydrogen-bond donors (Lipinski definition) is 1. The van der Waals surface area contributed by atoms with Crippen LogP contribution in [0.2, 0.25) is 0 Å². The van der Waals surface area contributed by atoms with Crippen molar-refractivity contribution in [3.05, 3.63) is 59.7 Å². The van der Waals surface area contributed by atoms with Crippen molar-refractivity contribution in [2.24, 2.45) is 0 Å². The third-order valence-corrected chi connectivity index (χ3v) is 4.61. The lowest BCUT2D eigenvalue weighted by atomic mass is 9.88. The summed E-state index contributed by atoms with van der Waals surface area (Å²) in [6.45, 7) is 0.0455. The predicted molar refractivity (Wildman–Crippen MR) is 101 cm³/mol. The van der Waals surface area contributed by atoms with E-state index in [-0.39, 0.29) is 18.7 Å². The fraction of sp³-hybridized carbons (Fsp3) is 0.238. The molecule has 0 saturated carbocycles. The molecule has 0 unspecified atom stereocenters. The van der Waals surface area contributed by atoms with Crippen molar-refractivity contribution in [2.45, 2.75) is 12.0 Å². The molecule has 26 heavy (non-hydrogen) atoms. The van der Waals surface area contributed by atoms with Crippen LogP contribution in [-0.4, -0.2) is 37.4 Å². The number of amides is 1. The Bertz CT molecular complexity index is 896. The molecule has 2 aromatic rings. The van der Waals surface area contributed by atoms with Gasteiger partial charge in [0, 0.05) is 30.9 Å². The molecule has 1 aliphatic rings. The third kappa shape index (κ3) is 2.85. The fourth-order valence-electron chi connectivity index (χ4n) is 3.21. The second-order valence-electron chi connectivity index (χ2n) is 6.51. The molecule has 0 spiro atoms. The second-order valence-corrected chi connectivity index (χ2v) is 6.51. The van der Waals surface area contributed by atoms with Gasteiger partial charge in [0.15, 0.2) is 11.4 Å². The molecule has 0 bridgehead atoms. The molecule has 1 heterocycles. The normalized spacial score (nSPS) is 18.4. The van der Waals surface area contributed by atoms with Gasteiger partial charge in [-0.25, -0.2) is 0 Å². The van der Waals surface area contributed by atoms with E-state index in [1.165, 1.54) is 4.90 Å². The van der Waals surface area contributed by atoms with Gasteiger partial charge in [-0.2, -0.15) is 0 Å². The maximum absolute atomic E-state index is 12.8. The molecule has 0 aromatic heterocycles. The Kier molecular flexibility index (Phi) is 4.54. The molecule has 5 heteroatoms. The predicted octanol–water partition coefficient (Wildman–Crippen LogP) is 2.19. The smallest absolute Gasteiger partial charge is 0.265 e. The van der Waals surface area contributed by atoms with Gasteiger partial charge < -0.3 is 10.0 Å². The summed E-state index contributed by atoms with van der Waals surface area (Å²) in [6.07, 6.45) is 5.02. The largest absolute Gasteiger partial charge is 0.378 e. The number of ketones is 1. The Balaban J connectivity index is 1.92. The molecule has 1 amide bonds. The van der Waals surface area contributed by atoms with Gasteiger partial charge in [-0.3, -0.25) is 14.5 Å². The van der Waals surface area contributed by atoms with Crippen molar-refractivity contribution < 1.29 is 14.7 Å². The Labute approximate surface area is 152 Å². The standard InChI is InChI=1S/C21H20N2O3/c1-4-13-23-18-8-6-5-7-17(18)21(26,20(23)25)14-19(24)15-9-11-16(12-10-15)22(2)3/h1,5-12,26H,13-14H2,2-3H3/t21-/m1/s1. The molecule has 132 valence electrons. The zero-order valence-corrected chi connectivity index (χ0v) is 14.8. The monoisotopic (exact) mass is 348 g/mol. The summed E-state index contributed by atoms with van der Waals surface area (Å²) in [5, 5.41) is 11.1. The van der Waals surface area contributed by atoms with Crippen LogP contribution in [0.25, 0.3) is 0 Å². The number of terminal acetylenes is 1. The Hall–Kier alpha value is -3.10. The first-order valence-corrected chi connectivity index (χ1v) is 8.26. The maximum Gasteiger partial charge on any atom is 0.265 e. The average molecular weight is 348 g/mol. The SMILES string of the molecule is C#CCN1C(=O)[C@@](O)(CC(=O)c2ccc(N(C)C)cc2)c2ccccc21. The van der Waals surface area contributed by atoms with Crippen LogP contribution in [0.5, 0.6) is 0 Å². The Morgan fingerprint density at radius 3 is 2.46 bits per heavy atom. The summed E-state index contributed by atoms with van der Waals surface area (Å²) in [6, 6.07) is 13.9. The lowest BCUT2D eigenvalue weighted by molar-refractivity contribution is -0.135. The number of carbonyl (C=O) groups excluding carboxylic acids is 2. The van der Waals surface area contributed by atoms with E-state index in [1.807, 2.05) is 31.1 Å². The number of carbonyl (C=O) groups is 2. The summed E-state index contributed by atoms with van der Waals surface area (Å²) in [5.74, 6) is 1.56. The summed E-state index contributed by atoms with van der Waals surface area (Å²) >= 11 is 0. The van der Waals surface area contributed by atoms with Crippen molar-refractivity contribution in [1.29, 1.82) is 0 Å². The summed E-state index contributed by atoms with van der Waals surface area (Å²) in [5.41, 5.74) is 0.477. The minimum atomic E-state index is -1.90. The van der Waals surface area contributed by atoms with Crippen LogP contribution in [0, 0.1) is 12.3 Å². The molecule has 3 rings (SSSR count). The minimum absolute atomic E-state index is 0.0455. The first-order valence-electron chi connectivity index (χ1n) is 8.26. The lowest BCUT2D eigenvalue weighted by Gasteiger charge is -2.22. The van der Waals surface area contributed by atoms with E-state index < -0.39 is 11.5 Å². The third-order valence-electron chi connectivity index (χ3n) is 4.61. The molecule has 1 atom stereocenters. The maximum atomic E-state index is 12.8. The van der Waals surface area contributed by atoms with E-state index in [4.69, 9.17) is 6.42 Å². The topological polar surface area (TPSA) is 60.9 Å². The zero-order chi connectivity index (χ0) is 18.9. The van der Waals surface area contributed by atoms with E-state index in [1.54, 1.807) is 36.4 Å².